The molecule has 2 aliphatic carbocycles. The van der Waals surface area contributed by atoms with Crippen molar-refractivity contribution in [2.75, 3.05) is 11.9 Å². The van der Waals surface area contributed by atoms with E-state index in [0.29, 0.717) is 59.6 Å². The highest BCUT2D eigenvalue weighted by Gasteiger charge is 2.62. The molecular formula is C40H42F4N6O8S2. The van der Waals surface area contributed by atoms with Crippen LogP contribution in [0.4, 0.5) is 27.5 Å². The van der Waals surface area contributed by atoms with Gasteiger partial charge >= 0.3 is 12.5 Å². The smallest absolute Gasteiger partial charge is 0.444 e. The number of fused-ring (bicyclic) bond motifs is 3. The number of amides is 4. The third-order valence-electron chi connectivity index (χ3n) is 11.5. The number of thiazole rings is 1. The van der Waals surface area contributed by atoms with Gasteiger partial charge in [-0.2, -0.15) is 0 Å². The number of alkyl halides is 3. The van der Waals surface area contributed by atoms with Crippen molar-refractivity contribution in [2.45, 2.75) is 106 Å². The van der Waals surface area contributed by atoms with E-state index in [2.05, 4.69) is 25.1 Å². The second-order valence-electron chi connectivity index (χ2n) is 15.8. The van der Waals surface area contributed by atoms with Gasteiger partial charge < -0.3 is 25.0 Å². The minimum Gasteiger partial charge on any atom is -0.444 e. The van der Waals surface area contributed by atoms with Crippen LogP contribution in [0.25, 0.3) is 11.3 Å². The van der Waals surface area contributed by atoms with Crippen LogP contribution in [0, 0.1) is 11.7 Å². The van der Waals surface area contributed by atoms with Gasteiger partial charge in [-0.05, 0) is 74.4 Å². The molecule has 4 amide bonds. The fraction of sp³-hybridized carbons (Fsp3) is 0.475. The lowest BCUT2D eigenvalue weighted by Gasteiger charge is -2.29. The molecule has 0 bridgehead atoms. The van der Waals surface area contributed by atoms with E-state index in [0.717, 1.165) is 12.8 Å². The molecule has 0 radical (unpaired) electrons. The number of ether oxygens (including phenoxy) is 2. The quantitative estimate of drug-likeness (QED) is 0.187. The van der Waals surface area contributed by atoms with Crippen molar-refractivity contribution in [1.29, 1.82) is 0 Å². The summed E-state index contributed by atoms with van der Waals surface area (Å²) in [7, 11) is -3.96. The van der Waals surface area contributed by atoms with Gasteiger partial charge in [-0.3, -0.25) is 24.0 Å². The number of carbonyl (C=O) groups is 4. The molecule has 14 nitrogen and oxygen atoms in total. The molecule has 8 rings (SSSR count). The molecule has 5 aliphatic rings. The van der Waals surface area contributed by atoms with Gasteiger partial charge in [-0.15, -0.1) is 24.5 Å². The average Bonchev–Trinajstić information content (AvgIpc) is 3.99. The van der Waals surface area contributed by atoms with Crippen molar-refractivity contribution in [3.63, 3.8) is 0 Å². The van der Waals surface area contributed by atoms with Crippen molar-refractivity contribution < 1.29 is 54.6 Å². The van der Waals surface area contributed by atoms with Gasteiger partial charge in [0.15, 0.2) is 5.13 Å². The first-order valence-electron chi connectivity index (χ1n) is 19.7. The summed E-state index contributed by atoms with van der Waals surface area (Å²) in [4.78, 5) is 63.5. The Kier molecular flexibility index (Phi) is 11.3. The maximum atomic E-state index is 14.7. The molecule has 4 heterocycles. The molecule has 1 aromatic heterocycles. The zero-order valence-corrected chi connectivity index (χ0v) is 33.7. The Morgan fingerprint density at radius 2 is 1.80 bits per heavy atom. The fourth-order valence-electron chi connectivity index (χ4n) is 8.02. The Hall–Kier alpha value is -5.24. The molecule has 3 aromatic rings. The summed E-state index contributed by atoms with van der Waals surface area (Å²) in [5, 5.41) is 7.33. The van der Waals surface area contributed by atoms with Crippen LogP contribution >= 0.6 is 11.3 Å². The van der Waals surface area contributed by atoms with E-state index >= 15 is 0 Å². The number of nitrogens with one attached hydrogen (secondary N) is 3. The highest BCUT2D eigenvalue weighted by atomic mass is 32.2. The van der Waals surface area contributed by atoms with Crippen molar-refractivity contribution in [2.24, 2.45) is 5.92 Å². The Balaban J connectivity index is 1.04. The monoisotopic (exact) mass is 874 g/mol. The Bertz CT molecular complexity index is 2300. The third-order valence-corrected chi connectivity index (χ3v) is 14.1. The summed E-state index contributed by atoms with van der Waals surface area (Å²) < 4.78 is 90.3. The minimum absolute atomic E-state index is 0.0241. The lowest BCUT2D eigenvalue weighted by Crippen LogP contribution is -2.57. The summed E-state index contributed by atoms with van der Waals surface area (Å²) in [5.74, 6) is -3.44. The molecule has 0 unspecified atom stereocenters. The largest absolute Gasteiger partial charge is 0.573 e. The number of halogens is 4. The van der Waals surface area contributed by atoms with Gasteiger partial charge in [0.2, 0.25) is 21.8 Å². The highest BCUT2D eigenvalue weighted by Crippen LogP contribution is 2.46. The van der Waals surface area contributed by atoms with E-state index in [1.165, 1.54) is 51.5 Å². The van der Waals surface area contributed by atoms with Gasteiger partial charge in [-0.25, -0.2) is 22.6 Å². The van der Waals surface area contributed by atoms with Crippen molar-refractivity contribution in [3.05, 3.63) is 76.9 Å². The fourth-order valence-corrected chi connectivity index (χ4v) is 10.2. The number of benzene rings is 2. The normalized spacial score (nSPS) is 26.4. The van der Waals surface area contributed by atoms with E-state index in [4.69, 9.17) is 4.74 Å². The number of hydrogen-bond donors (Lipinski definition) is 3. The van der Waals surface area contributed by atoms with Crippen molar-refractivity contribution in [3.8, 4) is 17.0 Å². The van der Waals surface area contributed by atoms with Crippen molar-refractivity contribution in [1.82, 2.24) is 24.8 Å². The molecule has 20 heteroatoms. The third kappa shape index (κ3) is 9.08. The molecular weight excluding hydrogens is 833 g/mol. The number of hydrogen-bond acceptors (Lipinski definition) is 11. The number of anilines is 1. The van der Waals surface area contributed by atoms with E-state index in [1.807, 2.05) is 12.2 Å². The van der Waals surface area contributed by atoms with Crippen LogP contribution < -0.4 is 20.1 Å². The van der Waals surface area contributed by atoms with Gasteiger partial charge in [0, 0.05) is 35.4 Å². The molecule has 1 saturated heterocycles. The molecule has 5 atom stereocenters. The number of sulfonamides is 1. The molecule has 0 spiro atoms. The van der Waals surface area contributed by atoms with Crippen LogP contribution in [-0.4, -0.2) is 88.9 Å². The second kappa shape index (κ2) is 16.3. The van der Waals surface area contributed by atoms with Crippen LogP contribution in [-0.2, 0) is 42.2 Å². The predicted molar refractivity (Wildman–Crippen MR) is 209 cm³/mol. The number of rotatable bonds is 8. The SMILES string of the molecule is O=C1N[C@@]2(C(=O)NS(=O)(=O)C3CC3)C[C@@H]2/C=C\CCCCC[C@H](Nc2nc(-c3ccc(OC(F)(F)F)cc3)cs2)C(=O)N2C[C@H](OC(=O)N3Cc4cccc(F)c4C3)C[C@@H]12. The molecule has 3 N–H and O–H groups in total. The molecule has 320 valence electrons. The van der Waals surface area contributed by atoms with Crippen LogP contribution in [0.5, 0.6) is 5.75 Å². The molecule has 3 fully saturated rings. The van der Waals surface area contributed by atoms with Crippen LogP contribution in [0.2, 0.25) is 0 Å². The van der Waals surface area contributed by atoms with Gasteiger partial charge in [0.25, 0.3) is 5.91 Å². The highest BCUT2D eigenvalue weighted by molar-refractivity contribution is 7.91. The predicted octanol–water partition coefficient (Wildman–Crippen LogP) is 5.75. The molecule has 60 heavy (non-hydrogen) atoms. The number of aromatic nitrogens is 1. The number of allylic oxidation sites excluding steroid dienone is 1. The van der Waals surface area contributed by atoms with Gasteiger partial charge in [0.1, 0.15) is 35.3 Å². The Labute approximate surface area is 346 Å². The van der Waals surface area contributed by atoms with E-state index in [-0.39, 0.29) is 32.5 Å². The lowest BCUT2D eigenvalue weighted by atomic mass is 10.1. The summed E-state index contributed by atoms with van der Waals surface area (Å²) in [6.07, 6.45) is 1.01. The summed E-state index contributed by atoms with van der Waals surface area (Å²) in [6, 6.07) is 7.59. The maximum Gasteiger partial charge on any atom is 0.573 e. The topological polar surface area (TPSA) is 176 Å². The Morgan fingerprint density at radius 3 is 2.53 bits per heavy atom. The lowest BCUT2D eigenvalue weighted by molar-refractivity contribution is -0.274. The van der Waals surface area contributed by atoms with Gasteiger partial charge in [-0.1, -0.05) is 37.1 Å². The first-order valence-corrected chi connectivity index (χ1v) is 22.2. The molecule has 3 aliphatic heterocycles. The zero-order valence-electron chi connectivity index (χ0n) is 32.1. The summed E-state index contributed by atoms with van der Waals surface area (Å²) in [6.45, 7) is -0.109. The number of carbonyl (C=O) groups excluding carboxylic acids is 4. The maximum absolute atomic E-state index is 14.7. The number of nitrogens with zero attached hydrogens (tertiary/aromatic N) is 3. The standard InChI is InChI=1S/C40H42F4N6O8S2/c41-30-9-6-7-24-19-49(21-29(24)30)38(54)57-27-17-33-34(51)47-39(36(53)48-60(55,56)28-15-16-28)18-25(39)8-4-2-1-3-5-10-31(35(52)50(33)20-27)45-37-46-32(22-59-37)23-11-13-26(14-12-23)58-40(42,43)44/h4,6-9,11-14,22,25,27-28,31,33H,1-3,5,10,15-21H2,(H,45,46)(H,47,51)(H,48,53)/b8-4-/t25-,27+,31-,33-,39-/m0/s1. The average molecular weight is 875 g/mol. The van der Waals surface area contributed by atoms with Crippen LogP contribution in [0.3, 0.4) is 0 Å². The minimum atomic E-state index is -4.85. The zero-order chi connectivity index (χ0) is 42.4. The summed E-state index contributed by atoms with van der Waals surface area (Å²) >= 11 is 1.17. The van der Waals surface area contributed by atoms with Gasteiger partial charge in [0.05, 0.1) is 24.0 Å². The van der Waals surface area contributed by atoms with Crippen LogP contribution in [0.1, 0.15) is 68.9 Å². The Morgan fingerprint density at radius 1 is 1.02 bits per heavy atom. The second-order valence-corrected chi connectivity index (χ2v) is 18.6. The van der Waals surface area contributed by atoms with E-state index in [1.54, 1.807) is 17.5 Å². The van der Waals surface area contributed by atoms with Crippen molar-refractivity contribution >= 4 is 50.3 Å². The molecule has 2 saturated carbocycles. The summed E-state index contributed by atoms with van der Waals surface area (Å²) in [5.41, 5.74) is 0.346. The van der Waals surface area contributed by atoms with E-state index < -0.39 is 86.7 Å². The first-order chi connectivity index (χ1) is 28.6. The van der Waals surface area contributed by atoms with E-state index in [9.17, 15) is 45.2 Å². The molecule has 2 aromatic carbocycles. The first kappa shape index (κ1) is 41.5. The van der Waals surface area contributed by atoms with Crippen LogP contribution in [0.15, 0.2) is 60.0 Å².